The number of hydrogen-bond acceptors (Lipinski definition) is 2. The summed E-state index contributed by atoms with van der Waals surface area (Å²) in [6.07, 6.45) is 2.27. The van der Waals surface area contributed by atoms with E-state index in [4.69, 9.17) is 11.6 Å². The third-order valence-corrected chi connectivity index (χ3v) is 3.63. The van der Waals surface area contributed by atoms with Gasteiger partial charge in [-0.1, -0.05) is 30.7 Å². The van der Waals surface area contributed by atoms with Crippen molar-refractivity contribution in [1.29, 1.82) is 0 Å². The van der Waals surface area contributed by atoms with E-state index >= 15 is 0 Å². The predicted octanol–water partition coefficient (Wildman–Crippen LogP) is 4.09. The van der Waals surface area contributed by atoms with Crippen LogP contribution in [0.1, 0.15) is 44.7 Å². The molecule has 1 rings (SSSR count). The van der Waals surface area contributed by atoms with Gasteiger partial charge in [-0.3, -0.25) is 9.69 Å². The first-order valence-electron chi connectivity index (χ1n) is 6.52. The zero-order valence-electron chi connectivity index (χ0n) is 11.4. The topological polar surface area (TPSA) is 20.3 Å². The minimum absolute atomic E-state index is 0.346. The first-order valence-corrected chi connectivity index (χ1v) is 6.89. The Morgan fingerprint density at radius 3 is 2.50 bits per heavy atom. The molecule has 0 bridgehead atoms. The molecular formula is C15H22ClNO. The van der Waals surface area contributed by atoms with Gasteiger partial charge in [-0.25, -0.2) is 0 Å². The monoisotopic (exact) mass is 267 g/mol. The fraction of sp³-hybridized carbons (Fsp3) is 0.533. The van der Waals surface area contributed by atoms with Gasteiger partial charge in [0.1, 0.15) is 5.78 Å². The van der Waals surface area contributed by atoms with Gasteiger partial charge < -0.3 is 0 Å². The van der Waals surface area contributed by atoms with Crippen molar-refractivity contribution in [2.24, 2.45) is 0 Å². The van der Waals surface area contributed by atoms with E-state index < -0.39 is 0 Å². The summed E-state index contributed by atoms with van der Waals surface area (Å²) in [6, 6.07) is 8.30. The Labute approximate surface area is 115 Å². The van der Waals surface area contributed by atoms with E-state index in [9.17, 15) is 4.79 Å². The molecule has 0 saturated heterocycles. The number of hydrogen-bond donors (Lipinski definition) is 0. The Bertz CT molecular complexity index is 375. The summed E-state index contributed by atoms with van der Waals surface area (Å²) >= 11 is 5.88. The molecule has 0 aromatic heterocycles. The molecule has 0 aliphatic rings. The molecule has 1 unspecified atom stereocenters. The van der Waals surface area contributed by atoms with Crippen molar-refractivity contribution in [3.05, 3.63) is 34.9 Å². The SMILES string of the molecule is CCC(=O)CCCN(C)C(C)c1ccc(Cl)cc1. The lowest BCUT2D eigenvalue weighted by atomic mass is 10.1. The van der Waals surface area contributed by atoms with E-state index in [0.717, 1.165) is 18.0 Å². The van der Waals surface area contributed by atoms with E-state index in [0.29, 0.717) is 24.7 Å². The third-order valence-electron chi connectivity index (χ3n) is 3.37. The van der Waals surface area contributed by atoms with Crippen LogP contribution in [-0.4, -0.2) is 24.3 Å². The van der Waals surface area contributed by atoms with Crippen molar-refractivity contribution in [3.63, 3.8) is 0 Å². The minimum atomic E-state index is 0.346. The molecule has 3 heteroatoms. The van der Waals surface area contributed by atoms with Gasteiger partial charge in [0, 0.05) is 23.9 Å². The smallest absolute Gasteiger partial charge is 0.132 e. The van der Waals surface area contributed by atoms with Crippen molar-refractivity contribution in [2.75, 3.05) is 13.6 Å². The molecule has 100 valence electrons. The second-order valence-corrected chi connectivity index (χ2v) is 5.14. The highest BCUT2D eigenvalue weighted by Gasteiger charge is 2.11. The number of ketones is 1. The summed E-state index contributed by atoms with van der Waals surface area (Å²) in [5, 5.41) is 0.766. The number of benzene rings is 1. The maximum absolute atomic E-state index is 11.2. The lowest BCUT2D eigenvalue weighted by molar-refractivity contribution is -0.118. The first-order chi connectivity index (χ1) is 8.54. The summed E-state index contributed by atoms with van der Waals surface area (Å²) in [5.74, 6) is 0.350. The molecule has 0 fully saturated rings. The average Bonchev–Trinajstić information content (AvgIpc) is 2.38. The van der Waals surface area contributed by atoms with Crippen LogP contribution in [0.5, 0.6) is 0 Å². The Morgan fingerprint density at radius 1 is 1.33 bits per heavy atom. The van der Waals surface area contributed by atoms with Crippen LogP contribution in [0.15, 0.2) is 24.3 Å². The molecular weight excluding hydrogens is 246 g/mol. The standard InChI is InChI=1S/C15H22ClNO/c1-4-15(18)6-5-11-17(3)12(2)13-7-9-14(16)10-8-13/h7-10,12H,4-6,11H2,1-3H3. The molecule has 1 atom stereocenters. The highest BCUT2D eigenvalue weighted by atomic mass is 35.5. The second kappa shape index (κ2) is 7.55. The highest BCUT2D eigenvalue weighted by Crippen LogP contribution is 2.21. The zero-order valence-corrected chi connectivity index (χ0v) is 12.2. The van der Waals surface area contributed by atoms with Gasteiger partial charge in [0.2, 0.25) is 0 Å². The Balaban J connectivity index is 2.43. The van der Waals surface area contributed by atoms with Crippen LogP contribution in [0.4, 0.5) is 0 Å². The normalized spacial score (nSPS) is 12.7. The zero-order chi connectivity index (χ0) is 13.5. The molecule has 0 saturated carbocycles. The predicted molar refractivity (Wildman–Crippen MR) is 77.0 cm³/mol. The van der Waals surface area contributed by atoms with Crippen LogP contribution < -0.4 is 0 Å². The van der Waals surface area contributed by atoms with Gasteiger partial charge >= 0.3 is 0 Å². The van der Waals surface area contributed by atoms with E-state index in [1.807, 2.05) is 19.1 Å². The summed E-state index contributed by atoms with van der Waals surface area (Å²) in [5.41, 5.74) is 1.25. The summed E-state index contributed by atoms with van der Waals surface area (Å²) in [6.45, 7) is 5.03. The second-order valence-electron chi connectivity index (χ2n) is 4.70. The third kappa shape index (κ3) is 4.79. The molecule has 2 nitrogen and oxygen atoms in total. The molecule has 0 aliphatic heterocycles. The summed E-state index contributed by atoms with van der Waals surface area (Å²) < 4.78 is 0. The van der Waals surface area contributed by atoms with Crippen molar-refractivity contribution >= 4 is 17.4 Å². The fourth-order valence-corrected chi connectivity index (χ4v) is 2.02. The quantitative estimate of drug-likeness (QED) is 0.742. The van der Waals surface area contributed by atoms with Gasteiger partial charge in [0.05, 0.1) is 0 Å². The van der Waals surface area contributed by atoms with Gasteiger partial charge in [0.25, 0.3) is 0 Å². The van der Waals surface area contributed by atoms with Gasteiger partial charge in [0.15, 0.2) is 0 Å². The van der Waals surface area contributed by atoms with Crippen molar-refractivity contribution < 1.29 is 4.79 Å². The van der Waals surface area contributed by atoms with Gasteiger partial charge in [-0.15, -0.1) is 0 Å². The van der Waals surface area contributed by atoms with E-state index in [-0.39, 0.29) is 0 Å². The molecule has 0 heterocycles. The molecule has 1 aromatic carbocycles. The van der Waals surface area contributed by atoms with Gasteiger partial charge in [-0.2, -0.15) is 0 Å². The van der Waals surface area contributed by atoms with E-state index in [1.165, 1.54) is 5.56 Å². The summed E-state index contributed by atoms with van der Waals surface area (Å²) in [7, 11) is 2.09. The summed E-state index contributed by atoms with van der Waals surface area (Å²) in [4.78, 5) is 13.5. The lowest BCUT2D eigenvalue weighted by Gasteiger charge is -2.25. The first kappa shape index (κ1) is 15.2. The minimum Gasteiger partial charge on any atom is -0.300 e. The van der Waals surface area contributed by atoms with Crippen LogP contribution in [0.3, 0.4) is 0 Å². The maximum atomic E-state index is 11.2. The largest absolute Gasteiger partial charge is 0.300 e. The molecule has 0 amide bonds. The van der Waals surface area contributed by atoms with E-state index in [1.54, 1.807) is 0 Å². The molecule has 0 radical (unpaired) electrons. The van der Waals surface area contributed by atoms with Crippen molar-refractivity contribution in [2.45, 2.75) is 39.2 Å². The molecule has 18 heavy (non-hydrogen) atoms. The van der Waals surface area contributed by atoms with Crippen LogP contribution in [0.2, 0.25) is 5.02 Å². The number of Topliss-reactive ketones (excluding diaryl/α,β-unsaturated/α-hetero) is 1. The average molecular weight is 268 g/mol. The Morgan fingerprint density at radius 2 is 1.94 bits per heavy atom. The lowest BCUT2D eigenvalue weighted by Crippen LogP contribution is -2.24. The fourth-order valence-electron chi connectivity index (χ4n) is 1.89. The maximum Gasteiger partial charge on any atom is 0.132 e. The van der Waals surface area contributed by atoms with Crippen LogP contribution >= 0.6 is 11.6 Å². The number of carbonyl (C=O) groups excluding carboxylic acids is 1. The molecule has 0 aliphatic carbocycles. The van der Waals surface area contributed by atoms with Crippen LogP contribution in [-0.2, 0) is 4.79 Å². The van der Waals surface area contributed by atoms with Gasteiger partial charge in [-0.05, 0) is 44.6 Å². The number of rotatable bonds is 7. The number of halogens is 1. The Hall–Kier alpha value is -0.860. The van der Waals surface area contributed by atoms with Crippen LogP contribution in [0.25, 0.3) is 0 Å². The molecule has 1 aromatic rings. The van der Waals surface area contributed by atoms with Crippen LogP contribution in [0, 0.1) is 0 Å². The number of nitrogens with zero attached hydrogens (tertiary/aromatic N) is 1. The highest BCUT2D eigenvalue weighted by molar-refractivity contribution is 6.30. The number of carbonyl (C=O) groups is 1. The Kier molecular flexibility index (Phi) is 6.37. The van der Waals surface area contributed by atoms with Crippen molar-refractivity contribution in [1.82, 2.24) is 4.90 Å². The van der Waals surface area contributed by atoms with Crippen molar-refractivity contribution in [3.8, 4) is 0 Å². The van der Waals surface area contributed by atoms with E-state index in [2.05, 4.69) is 31.0 Å². The molecule has 0 spiro atoms. The molecule has 0 N–H and O–H groups in total.